The number of carbonyl (C=O) groups excluding carboxylic acids is 1. The molecule has 0 aliphatic rings. The Morgan fingerprint density at radius 2 is 2.00 bits per heavy atom. The third-order valence-electron chi connectivity index (χ3n) is 0.805. The second-order valence-electron chi connectivity index (χ2n) is 1.42. The average Bonchev–Trinajstić information content (AvgIpc) is 1.65. The topological polar surface area (TPSA) is 69.1 Å². The van der Waals surface area contributed by atoms with Crippen LogP contribution in [0.25, 0.3) is 0 Å². The van der Waals surface area contributed by atoms with Crippen LogP contribution in [-0.4, -0.2) is 41.5 Å². The summed E-state index contributed by atoms with van der Waals surface area (Å²) in [5.74, 6) is -0.428. The first-order valence-electron chi connectivity index (χ1n) is 2.23. The van der Waals surface area contributed by atoms with Gasteiger partial charge in [-0.3, -0.25) is 4.79 Å². The fourth-order valence-electron chi connectivity index (χ4n) is 0.201. The van der Waals surface area contributed by atoms with Crippen molar-refractivity contribution >= 4 is 47.9 Å². The predicted molar refractivity (Wildman–Crippen MR) is 41.9 cm³/mol. The van der Waals surface area contributed by atoms with Crippen molar-refractivity contribution in [3.05, 3.63) is 0 Å². The first-order chi connectivity index (χ1) is 3.18. The molecule has 0 bridgehead atoms. The van der Waals surface area contributed by atoms with Crippen LogP contribution in [0, 0.1) is 0 Å². The average molecular weight is 163 g/mol. The summed E-state index contributed by atoms with van der Waals surface area (Å²) < 4.78 is 0. The fraction of sp³-hybridized carbons (Fsp3) is 0.750. The van der Waals surface area contributed by atoms with E-state index in [4.69, 9.17) is 11.5 Å². The van der Waals surface area contributed by atoms with Crippen molar-refractivity contribution in [2.75, 3.05) is 0 Å². The summed E-state index contributed by atoms with van der Waals surface area (Å²) in [5.41, 5.74) is 9.92. The molecule has 0 radical (unpaired) electrons. The number of amides is 1. The molecule has 0 unspecified atom stereocenters. The predicted octanol–water partition coefficient (Wildman–Crippen LogP) is -1.02. The molecule has 0 heterocycles. The van der Waals surface area contributed by atoms with Crippen LogP contribution in [0.4, 0.5) is 0 Å². The van der Waals surface area contributed by atoms with E-state index in [0.717, 1.165) is 0 Å². The summed E-state index contributed by atoms with van der Waals surface area (Å²) in [6, 6.07) is -0.458. The van der Waals surface area contributed by atoms with Gasteiger partial charge in [-0.1, -0.05) is 6.92 Å². The monoisotopic (exact) mass is 162 g/mol. The Kier molecular flexibility index (Phi) is 15.9. The van der Waals surface area contributed by atoms with Crippen molar-refractivity contribution in [2.24, 2.45) is 11.5 Å². The summed E-state index contributed by atoms with van der Waals surface area (Å²) in [6.07, 6.45) is 0.620. The zero-order chi connectivity index (χ0) is 5.86. The van der Waals surface area contributed by atoms with Crippen molar-refractivity contribution < 1.29 is 4.79 Å². The summed E-state index contributed by atoms with van der Waals surface area (Å²) in [7, 11) is 0. The van der Waals surface area contributed by atoms with E-state index in [1.165, 1.54) is 0 Å². The normalized spacial score (nSPS) is 10.4. The number of nitrogens with two attached hydrogens (primary N) is 2. The number of carbonyl (C=O) groups is 1. The molecule has 0 spiro atoms. The number of halogens is 1. The van der Waals surface area contributed by atoms with Gasteiger partial charge in [0.25, 0.3) is 0 Å². The van der Waals surface area contributed by atoms with Gasteiger partial charge in [0.15, 0.2) is 0 Å². The molecular formula is C4H12ClN2NaO. The Hall–Kier alpha value is 0.720. The second-order valence-corrected chi connectivity index (χ2v) is 1.42. The Bertz CT molecular complexity index is 81.0. The maximum atomic E-state index is 10.0. The summed E-state index contributed by atoms with van der Waals surface area (Å²) in [5, 5.41) is 0. The second kappa shape index (κ2) is 8.72. The number of primary amides is 1. The Balaban J connectivity index is -0.000000180. The molecule has 1 atom stereocenters. The van der Waals surface area contributed by atoms with Gasteiger partial charge in [0.2, 0.25) is 5.91 Å². The third kappa shape index (κ3) is 8.72. The van der Waals surface area contributed by atoms with Crippen LogP contribution in [0.5, 0.6) is 0 Å². The summed E-state index contributed by atoms with van der Waals surface area (Å²) in [6.45, 7) is 1.81. The van der Waals surface area contributed by atoms with Crippen LogP contribution < -0.4 is 11.5 Å². The van der Waals surface area contributed by atoms with Crippen molar-refractivity contribution in [3.63, 3.8) is 0 Å². The van der Waals surface area contributed by atoms with E-state index in [1.54, 1.807) is 0 Å². The fourth-order valence-corrected chi connectivity index (χ4v) is 0.201. The van der Waals surface area contributed by atoms with Gasteiger partial charge in [-0.05, 0) is 6.42 Å². The maximum absolute atomic E-state index is 10.0. The van der Waals surface area contributed by atoms with E-state index in [-0.39, 0.29) is 42.0 Å². The molecule has 4 N–H and O–H groups in total. The van der Waals surface area contributed by atoms with Crippen molar-refractivity contribution in [1.29, 1.82) is 0 Å². The summed E-state index contributed by atoms with van der Waals surface area (Å²) in [4.78, 5) is 10.0. The third-order valence-corrected chi connectivity index (χ3v) is 0.805. The standard InChI is InChI=1S/C4H10N2O.ClH.Na.H/c1-2-3(5)4(6)7;;;/h3H,2,5H2,1H3,(H2,6,7);1H;;/t3-;;;/m0.../s1. The molecule has 5 heteroatoms. The van der Waals surface area contributed by atoms with Crippen LogP contribution in [0.1, 0.15) is 13.3 Å². The van der Waals surface area contributed by atoms with Crippen LogP contribution in [0.3, 0.4) is 0 Å². The molecule has 0 aliphatic heterocycles. The molecular weight excluding hydrogens is 150 g/mol. The molecule has 9 heavy (non-hydrogen) atoms. The van der Waals surface area contributed by atoms with Gasteiger partial charge in [-0.15, -0.1) is 12.4 Å². The van der Waals surface area contributed by atoms with Crippen molar-refractivity contribution in [1.82, 2.24) is 0 Å². The van der Waals surface area contributed by atoms with E-state index in [1.807, 2.05) is 6.92 Å². The van der Waals surface area contributed by atoms with Crippen LogP contribution >= 0.6 is 12.4 Å². The minimum atomic E-state index is -0.458. The quantitative estimate of drug-likeness (QED) is 0.511. The molecule has 3 nitrogen and oxygen atoms in total. The zero-order valence-corrected chi connectivity index (χ0v) is 5.57. The van der Waals surface area contributed by atoms with E-state index >= 15 is 0 Å². The van der Waals surface area contributed by atoms with Gasteiger partial charge in [-0.25, -0.2) is 0 Å². The van der Waals surface area contributed by atoms with Gasteiger partial charge in [0.05, 0.1) is 6.04 Å². The van der Waals surface area contributed by atoms with Gasteiger partial charge in [-0.2, -0.15) is 0 Å². The van der Waals surface area contributed by atoms with Crippen LogP contribution in [0.15, 0.2) is 0 Å². The van der Waals surface area contributed by atoms with Crippen LogP contribution in [0.2, 0.25) is 0 Å². The molecule has 0 fully saturated rings. The number of rotatable bonds is 2. The molecule has 0 aromatic rings. The van der Waals surface area contributed by atoms with E-state index in [2.05, 4.69) is 0 Å². The molecule has 0 rings (SSSR count). The summed E-state index contributed by atoms with van der Waals surface area (Å²) >= 11 is 0. The Morgan fingerprint density at radius 3 is 2.00 bits per heavy atom. The molecule has 1 amide bonds. The first kappa shape index (κ1) is 16.4. The van der Waals surface area contributed by atoms with Crippen molar-refractivity contribution in [2.45, 2.75) is 19.4 Å². The van der Waals surface area contributed by atoms with Gasteiger partial charge in [0.1, 0.15) is 0 Å². The molecule has 0 aromatic carbocycles. The SMILES string of the molecule is CC[C@H](N)C(N)=O.Cl.[NaH]. The van der Waals surface area contributed by atoms with Gasteiger partial charge < -0.3 is 11.5 Å². The van der Waals surface area contributed by atoms with Crippen molar-refractivity contribution in [3.8, 4) is 0 Å². The molecule has 0 saturated heterocycles. The first-order valence-corrected chi connectivity index (χ1v) is 2.23. The zero-order valence-electron chi connectivity index (χ0n) is 4.76. The van der Waals surface area contributed by atoms with Gasteiger partial charge >= 0.3 is 29.6 Å². The molecule has 0 aliphatic carbocycles. The molecule has 0 saturated carbocycles. The van der Waals surface area contributed by atoms with Gasteiger partial charge in [0, 0.05) is 0 Å². The number of hydrogen-bond acceptors (Lipinski definition) is 2. The van der Waals surface area contributed by atoms with E-state index in [0.29, 0.717) is 6.42 Å². The van der Waals surface area contributed by atoms with E-state index < -0.39 is 11.9 Å². The Morgan fingerprint density at radius 1 is 1.67 bits per heavy atom. The minimum absolute atomic E-state index is 0. The Labute approximate surface area is 83.2 Å². The van der Waals surface area contributed by atoms with Crippen LogP contribution in [-0.2, 0) is 4.79 Å². The molecule has 0 aromatic heterocycles. The van der Waals surface area contributed by atoms with E-state index in [9.17, 15) is 4.79 Å². The molecule has 52 valence electrons. The number of hydrogen-bond donors (Lipinski definition) is 2.